The molecule has 2 rings (SSSR count). The lowest BCUT2D eigenvalue weighted by molar-refractivity contribution is 0.360. The molecule has 18 heavy (non-hydrogen) atoms. The standard InChI is InChI=1S/C14H14N2O2/c1-2-9-17-14-6-4-3-5-12(14)10-15-11-13-7-8-16-18-13/h1,3-8,15H,9-11H2. The van der Waals surface area contributed by atoms with Crippen molar-refractivity contribution in [3.63, 3.8) is 0 Å². The minimum absolute atomic E-state index is 0.277. The van der Waals surface area contributed by atoms with Crippen molar-refractivity contribution in [1.82, 2.24) is 10.5 Å². The van der Waals surface area contributed by atoms with Crippen molar-refractivity contribution in [2.24, 2.45) is 0 Å². The lowest BCUT2D eigenvalue weighted by Crippen LogP contribution is -2.13. The van der Waals surface area contributed by atoms with Crippen molar-refractivity contribution >= 4 is 0 Å². The van der Waals surface area contributed by atoms with E-state index in [1.54, 1.807) is 6.20 Å². The maximum absolute atomic E-state index is 5.46. The number of aromatic nitrogens is 1. The van der Waals surface area contributed by atoms with E-state index >= 15 is 0 Å². The molecular formula is C14H14N2O2. The molecule has 0 aliphatic carbocycles. The van der Waals surface area contributed by atoms with Crippen LogP contribution in [0.5, 0.6) is 5.75 Å². The van der Waals surface area contributed by atoms with Gasteiger partial charge in [0, 0.05) is 18.2 Å². The second-order valence-electron chi connectivity index (χ2n) is 3.68. The van der Waals surface area contributed by atoms with Crippen LogP contribution in [0.1, 0.15) is 11.3 Å². The summed E-state index contributed by atoms with van der Waals surface area (Å²) in [7, 11) is 0. The molecule has 1 aromatic heterocycles. The van der Waals surface area contributed by atoms with Gasteiger partial charge in [0.2, 0.25) is 0 Å². The molecule has 0 bridgehead atoms. The second-order valence-corrected chi connectivity index (χ2v) is 3.68. The number of nitrogens with one attached hydrogen (secondary N) is 1. The Morgan fingerprint density at radius 3 is 2.94 bits per heavy atom. The molecule has 1 aromatic carbocycles. The highest BCUT2D eigenvalue weighted by Gasteiger charge is 2.03. The van der Waals surface area contributed by atoms with Gasteiger partial charge < -0.3 is 14.6 Å². The van der Waals surface area contributed by atoms with Crippen molar-refractivity contribution in [3.05, 3.63) is 47.9 Å². The average Bonchev–Trinajstić information content (AvgIpc) is 2.91. The van der Waals surface area contributed by atoms with Gasteiger partial charge in [0.15, 0.2) is 0 Å². The number of terminal acetylenes is 1. The van der Waals surface area contributed by atoms with Crippen molar-refractivity contribution in [2.45, 2.75) is 13.1 Å². The Morgan fingerprint density at radius 2 is 2.17 bits per heavy atom. The normalized spacial score (nSPS) is 9.94. The number of hydrogen-bond donors (Lipinski definition) is 1. The first kappa shape index (κ1) is 12.2. The summed E-state index contributed by atoms with van der Waals surface area (Å²) in [6.07, 6.45) is 6.81. The Balaban J connectivity index is 1.90. The highest BCUT2D eigenvalue weighted by molar-refractivity contribution is 5.33. The average molecular weight is 242 g/mol. The first-order chi connectivity index (χ1) is 8.90. The number of ether oxygens (including phenoxy) is 1. The van der Waals surface area contributed by atoms with E-state index in [0.29, 0.717) is 13.1 Å². The summed E-state index contributed by atoms with van der Waals surface area (Å²) in [4.78, 5) is 0. The van der Waals surface area contributed by atoms with Crippen LogP contribution in [-0.2, 0) is 13.1 Å². The van der Waals surface area contributed by atoms with E-state index in [1.807, 2.05) is 30.3 Å². The van der Waals surface area contributed by atoms with E-state index in [2.05, 4.69) is 16.4 Å². The van der Waals surface area contributed by atoms with Crippen LogP contribution in [0.2, 0.25) is 0 Å². The number of rotatable bonds is 6. The monoisotopic (exact) mass is 242 g/mol. The van der Waals surface area contributed by atoms with Gasteiger partial charge in [-0.2, -0.15) is 0 Å². The molecule has 0 aliphatic rings. The fourth-order valence-corrected chi connectivity index (χ4v) is 1.56. The van der Waals surface area contributed by atoms with Crippen LogP contribution in [0.25, 0.3) is 0 Å². The lowest BCUT2D eigenvalue weighted by atomic mass is 10.2. The molecule has 0 radical (unpaired) electrons. The topological polar surface area (TPSA) is 47.3 Å². The quantitative estimate of drug-likeness (QED) is 0.787. The lowest BCUT2D eigenvalue weighted by Gasteiger charge is -2.09. The number of nitrogens with zero attached hydrogens (tertiary/aromatic N) is 1. The van der Waals surface area contributed by atoms with Crippen LogP contribution in [0.15, 0.2) is 41.1 Å². The summed E-state index contributed by atoms with van der Waals surface area (Å²) in [5.74, 6) is 4.06. The molecule has 0 fully saturated rings. The number of para-hydroxylation sites is 1. The molecule has 0 saturated carbocycles. The molecule has 0 aliphatic heterocycles. The van der Waals surface area contributed by atoms with E-state index in [0.717, 1.165) is 17.1 Å². The van der Waals surface area contributed by atoms with Gasteiger partial charge in [-0.3, -0.25) is 0 Å². The van der Waals surface area contributed by atoms with E-state index in [4.69, 9.17) is 15.7 Å². The van der Waals surface area contributed by atoms with Gasteiger partial charge in [-0.25, -0.2) is 0 Å². The fraction of sp³-hybridized carbons (Fsp3) is 0.214. The summed E-state index contributed by atoms with van der Waals surface area (Å²) < 4.78 is 10.5. The SMILES string of the molecule is C#CCOc1ccccc1CNCc1ccno1. The van der Waals surface area contributed by atoms with Crippen LogP contribution in [0.4, 0.5) is 0 Å². The highest BCUT2D eigenvalue weighted by Crippen LogP contribution is 2.17. The Bertz CT molecular complexity index is 515. The van der Waals surface area contributed by atoms with Crippen LogP contribution in [0.3, 0.4) is 0 Å². The predicted molar refractivity (Wildman–Crippen MR) is 67.8 cm³/mol. The van der Waals surface area contributed by atoms with Crippen molar-refractivity contribution in [2.75, 3.05) is 6.61 Å². The third-order valence-electron chi connectivity index (χ3n) is 2.39. The predicted octanol–water partition coefficient (Wildman–Crippen LogP) is 1.98. The maximum atomic E-state index is 5.46. The van der Waals surface area contributed by atoms with E-state index in [9.17, 15) is 0 Å². The molecule has 92 valence electrons. The zero-order valence-corrected chi connectivity index (χ0v) is 9.93. The molecule has 0 unspecified atom stereocenters. The van der Waals surface area contributed by atoms with Gasteiger partial charge in [0.1, 0.15) is 18.1 Å². The van der Waals surface area contributed by atoms with Crippen molar-refractivity contribution in [3.8, 4) is 18.1 Å². The zero-order chi connectivity index (χ0) is 12.6. The third kappa shape index (κ3) is 3.37. The third-order valence-corrected chi connectivity index (χ3v) is 2.39. The number of benzene rings is 1. The second kappa shape index (κ2) is 6.48. The fourth-order valence-electron chi connectivity index (χ4n) is 1.56. The van der Waals surface area contributed by atoms with Gasteiger partial charge in [-0.05, 0) is 6.07 Å². The highest BCUT2D eigenvalue weighted by atomic mass is 16.5. The Kier molecular flexibility index (Phi) is 4.39. The van der Waals surface area contributed by atoms with Gasteiger partial charge in [0.05, 0.1) is 12.7 Å². The largest absolute Gasteiger partial charge is 0.481 e. The first-order valence-corrected chi connectivity index (χ1v) is 5.64. The van der Waals surface area contributed by atoms with E-state index in [1.165, 1.54) is 0 Å². The van der Waals surface area contributed by atoms with E-state index in [-0.39, 0.29) is 6.61 Å². The maximum Gasteiger partial charge on any atom is 0.150 e. The summed E-state index contributed by atoms with van der Waals surface area (Å²) in [6.45, 7) is 1.59. The van der Waals surface area contributed by atoms with Crippen LogP contribution in [-0.4, -0.2) is 11.8 Å². The summed E-state index contributed by atoms with van der Waals surface area (Å²) in [5, 5.41) is 6.90. The Hall–Kier alpha value is -2.25. The molecule has 2 aromatic rings. The molecule has 0 atom stereocenters. The van der Waals surface area contributed by atoms with Crippen molar-refractivity contribution < 1.29 is 9.26 Å². The molecule has 1 heterocycles. The molecule has 0 spiro atoms. The molecule has 4 heteroatoms. The van der Waals surface area contributed by atoms with E-state index < -0.39 is 0 Å². The minimum atomic E-state index is 0.277. The minimum Gasteiger partial charge on any atom is -0.481 e. The first-order valence-electron chi connectivity index (χ1n) is 5.64. The van der Waals surface area contributed by atoms with Gasteiger partial charge >= 0.3 is 0 Å². The smallest absolute Gasteiger partial charge is 0.150 e. The van der Waals surface area contributed by atoms with Gasteiger partial charge in [-0.1, -0.05) is 29.3 Å². The molecule has 4 nitrogen and oxygen atoms in total. The summed E-state index contributed by atoms with van der Waals surface area (Å²) >= 11 is 0. The van der Waals surface area contributed by atoms with Crippen LogP contribution in [0, 0.1) is 12.3 Å². The molecule has 0 amide bonds. The summed E-state index contributed by atoms with van der Waals surface area (Å²) in [6, 6.07) is 9.62. The molecule has 0 saturated heterocycles. The zero-order valence-electron chi connectivity index (χ0n) is 9.93. The number of hydrogen-bond acceptors (Lipinski definition) is 4. The molecular weight excluding hydrogens is 228 g/mol. The van der Waals surface area contributed by atoms with Gasteiger partial charge in [-0.15, -0.1) is 6.42 Å². The molecule has 1 N–H and O–H groups in total. The van der Waals surface area contributed by atoms with Gasteiger partial charge in [0.25, 0.3) is 0 Å². The Labute approximate surface area is 106 Å². The Morgan fingerprint density at radius 1 is 1.28 bits per heavy atom. The van der Waals surface area contributed by atoms with Crippen LogP contribution >= 0.6 is 0 Å². The van der Waals surface area contributed by atoms with Crippen LogP contribution < -0.4 is 10.1 Å². The summed E-state index contributed by atoms with van der Waals surface area (Å²) in [5.41, 5.74) is 1.06. The van der Waals surface area contributed by atoms with Crippen molar-refractivity contribution in [1.29, 1.82) is 0 Å².